The van der Waals surface area contributed by atoms with Crippen molar-refractivity contribution in [2.45, 2.75) is 11.4 Å². The van der Waals surface area contributed by atoms with Crippen LogP contribution >= 0.6 is 0 Å². The first kappa shape index (κ1) is 16.8. The van der Waals surface area contributed by atoms with Crippen molar-refractivity contribution < 1.29 is 17.6 Å². The molecule has 2 N–H and O–H groups in total. The molecule has 0 aliphatic heterocycles. The van der Waals surface area contributed by atoms with Crippen molar-refractivity contribution in [3.8, 4) is 5.75 Å². The Balaban J connectivity index is 1.65. The van der Waals surface area contributed by atoms with Gasteiger partial charge in [0.15, 0.2) is 0 Å². The second-order valence-corrected chi connectivity index (χ2v) is 6.83. The second-order valence-electron chi connectivity index (χ2n) is 5.15. The molecule has 0 spiro atoms. The summed E-state index contributed by atoms with van der Waals surface area (Å²) in [6.07, 6.45) is 3.15. The van der Waals surface area contributed by atoms with Crippen LogP contribution < -0.4 is 14.8 Å². The van der Waals surface area contributed by atoms with Crippen LogP contribution in [0.25, 0.3) is 0 Å². The lowest BCUT2D eigenvalue weighted by Crippen LogP contribution is -2.13. The van der Waals surface area contributed by atoms with Crippen molar-refractivity contribution >= 4 is 21.5 Å². The molecule has 0 unspecified atom stereocenters. The van der Waals surface area contributed by atoms with Crippen LogP contribution in [0.4, 0.5) is 11.5 Å². The lowest BCUT2D eigenvalue weighted by Gasteiger charge is -2.09. The molecule has 0 atom stereocenters. The molecule has 25 heavy (non-hydrogen) atoms. The predicted molar refractivity (Wildman–Crippen MR) is 94.1 cm³/mol. The second kappa shape index (κ2) is 7.27. The number of nitrogens with one attached hydrogen (secondary N) is 2. The zero-order chi connectivity index (χ0) is 17.7. The Morgan fingerprint density at radius 3 is 2.52 bits per heavy atom. The van der Waals surface area contributed by atoms with Crippen LogP contribution in [0.3, 0.4) is 0 Å². The van der Waals surface area contributed by atoms with Gasteiger partial charge in [-0.3, -0.25) is 4.72 Å². The Bertz CT molecular complexity index is 906. The number of benzene rings is 1. The number of rotatable bonds is 7. The minimum Gasteiger partial charge on any atom is -0.497 e. The van der Waals surface area contributed by atoms with E-state index in [-0.39, 0.29) is 10.7 Å². The molecule has 2 aromatic heterocycles. The fourth-order valence-electron chi connectivity index (χ4n) is 2.11. The molecule has 0 aliphatic rings. The molecule has 130 valence electrons. The standard InChI is InChI=1S/C17H17N3O4S/c1-23-14-5-7-16(8-6-14)25(21,22)20-17-9-4-13(11-19-17)18-12-15-3-2-10-24-15/h2-11,18H,12H2,1H3,(H,19,20). The third-order valence-corrected chi connectivity index (χ3v) is 4.79. The Hall–Kier alpha value is -3.00. The van der Waals surface area contributed by atoms with Gasteiger partial charge in [0.05, 0.1) is 36.7 Å². The van der Waals surface area contributed by atoms with Gasteiger partial charge in [0.25, 0.3) is 10.0 Å². The van der Waals surface area contributed by atoms with Gasteiger partial charge in [-0.2, -0.15) is 0 Å². The zero-order valence-electron chi connectivity index (χ0n) is 13.5. The van der Waals surface area contributed by atoms with E-state index < -0.39 is 10.0 Å². The molecule has 0 saturated carbocycles. The topological polar surface area (TPSA) is 93.5 Å². The summed E-state index contributed by atoms with van der Waals surface area (Å²) in [4.78, 5) is 4.25. The minimum absolute atomic E-state index is 0.134. The first-order valence-corrected chi connectivity index (χ1v) is 8.94. The highest BCUT2D eigenvalue weighted by atomic mass is 32.2. The number of aromatic nitrogens is 1. The molecular weight excluding hydrogens is 342 g/mol. The Morgan fingerprint density at radius 2 is 1.92 bits per heavy atom. The number of nitrogens with zero attached hydrogens (tertiary/aromatic N) is 1. The molecular formula is C17H17N3O4S. The van der Waals surface area contributed by atoms with E-state index in [0.717, 1.165) is 11.4 Å². The number of anilines is 2. The number of furan rings is 1. The lowest BCUT2D eigenvalue weighted by atomic mass is 10.3. The van der Waals surface area contributed by atoms with Crippen LogP contribution in [0, 0.1) is 0 Å². The maximum absolute atomic E-state index is 12.3. The van der Waals surface area contributed by atoms with Crippen molar-refractivity contribution in [2.75, 3.05) is 17.1 Å². The van der Waals surface area contributed by atoms with Crippen LogP contribution in [0.1, 0.15) is 5.76 Å². The van der Waals surface area contributed by atoms with E-state index in [2.05, 4.69) is 15.0 Å². The highest BCUT2D eigenvalue weighted by molar-refractivity contribution is 7.92. The molecule has 0 bridgehead atoms. The predicted octanol–water partition coefficient (Wildman–Crippen LogP) is 3.10. The molecule has 0 aliphatic carbocycles. The molecule has 3 rings (SSSR count). The van der Waals surface area contributed by atoms with E-state index in [4.69, 9.17) is 9.15 Å². The van der Waals surface area contributed by atoms with E-state index in [1.807, 2.05) is 12.1 Å². The summed E-state index contributed by atoms with van der Waals surface area (Å²) < 4.78 is 37.4. The lowest BCUT2D eigenvalue weighted by molar-refractivity contribution is 0.414. The molecule has 1 aromatic carbocycles. The summed E-state index contributed by atoms with van der Waals surface area (Å²) in [6, 6.07) is 13.1. The number of pyridine rings is 1. The smallest absolute Gasteiger partial charge is 0.263 e. The molecule has 0 fully saturated rings. The Labute approximate surface area is 145 Å². The van der Waals surface area contributed by atoms with Crippen molar-refractivity contribution in [2.24, 2.45) is 0 Å². The van der Waals surface area contributed by atoms with Gasteiger partial charge in [-0.25, -0.2) is 13.4 Å². The molecule has 0 amide bonds. The van der Waals surface area contributed by atoms with Gasteiger partial charge in [0.1, 0.15) is 17.3 Å². The first-order chi connectivity index (χ1) is 12.1. The van der Waals surface area contributed by atoms with Crippen molar-refractivity contribution in [3.05, 3.63) is 66.8 Å². The summed E-state index contributed by atoms with van der Waals surface area (Å²) >= 11 is 0. The van der Waals surface area contributed by atoms with E-state index >= 15 is 0 Å². The summed E-state index contributed by atoms with van der Waals surface area (Å²) in [5, 5.41) is 3.13. The number of ether oxygens (including phenoxy) is 1. The summed E-state index contributed by atoms with van der Waals surface area (Å²) in [5.74, 6) is 1.62. The molecule has 2 heterocycles. The van der Waals surface area contributed by atoms with E-state index in [1.54, 1.807) is 36.7 Å². The fraction of sp³-hybridized carbons (Fsp3) is 0.118. The van der Waals surface area contributed by atoms with Gasteiger partial charge in [0, 0.05) is 0 Å². The summed E-state index contributed by atoms with van der Waals surface area (Å²) in [5.41, 5.74) is 0.754. The minimum atomic E-state index is -3.70. The molecule has 3 aromatic rings. The summed E-state index contributed by atoms with van der Waals surface area (Å²) in [7, 11) is -2.18. The van der Waals surface area contributed by atoms with Crippen LogP contribution in [0.5, 0.6) is 5.75 Å². The Morgan fingerprint density at radius 1 is 1.12 bits per heavy atom. The largest absolute Gasteiger partial charge is 0.497 e. The van der Waals surface area contributed by atoms with Gasteiger partial charge < -0.3 is 14.5 Å². The van der Waals surface area contributed by atoms with Crippen LogP contribution in [0.2, 0.25) is 0 Å². The first-order valence-electron chi connectivity index (χ1n) is 7.46. The van der Waals surface area contributed by atoms with Gasteiger partial charge >= 0.3 is 0 Å². The van der Waals surface area contributed by atoms with Gasteiger partial charge in [-0.1, -0.05) is 0 Å². The van der Waals surface area contributed by atoms with Crippen LogP contribution in [-0.2, 0) is 16.6 Å². The average molecular weight is 359 g/mol. The number of hydrogen-bond acceptors (Lipinski definition) is 6. The maximum Gasteiger partial charge on any atom is 0.263 e. The van der Waals surface area contributed by atoms with Crippen LogP contribution in [0.15, 0.2) is 70.3 Å². The van der Waals surface area contributed by atoms with Gasteiger partial charge in [0.2, 0.25) is 0 Å². The molecule has 0 saturated heterocycles. The monoisotopic (exact) mass is 359 g/mol. The Kier molecular flexibility index (Phi) is 4.90. The fourth-order valence-corrected chi connectivity index (χ4v) is 3.12. The molecule has 8 heteroatoms. The number of sulfonamides is 1. The number of methoxy groups -OCH3 is 1. The van der Waals surface area contributed by atoms with Crippen molar-refractivity contribution in [3.63, 3.8) is 0 Å². The van der Waals surface area contributed by atoms with Crippen LogP contribution in [-0.4, -0.2) is 20.5 Å². The zero-order valence-corrected chi connectivity index (χ0v) is 14.3. The number of hydrogen-bond donors (Lipinski definition) is 2. The van der Waals surface area contributed by atoms with Gasteiger partial charge in [-0.05, 0) is 48.5 Å². The SMILES string of the molecule is COc1ccc(S(=O)(=O)Nc2ccc(NCc3ccco3)cn2)cc1. The normalized spacial score (nSPS) is 11.1. The average Bonchev–Trinajstić information content (AvgIpc) is 3.14. The molecule has 0 radical (unpaired) electrons. The molecule has 7 nitrogen and oxygen atoms in total. The van der Waals surface area contributed by atoms with E-state index in [1.165, 1.54) is 19.2 Å². The summed E-state index contributed by atoms with van der Waals surface area (Å²) in [6.45, 7) is 0.519. The van der Waals surface area contributed by atoms with Gasteiger partial charge in [-0.15, -0.1) is 0 Å². The maximum atomic E-state index is 12.3. The van der Waals surface area contributed by atoms with Crippen molar-refractivity contribution in [1.29, 1.82) is 0 Å². The van der Waals surface area contributed by atoms with Crippen molar-refractivity contribution in [1.82, 2.24) is 4.98 Å². The third kappa shape index (κ3) is 4.30. The van der Waals surface area contributed by atoms with E-state index in [0.29, 0.717) is 12.3 Å². The highest BCUT2D eigenvalue weighted by Gasteiger charge is 2.14. The van der Waals surface area contributed by atoms with E-state index in [9.17, 15) is 8.42 Å². The highest BCUT2D eigenvalue weighted by Crippen LogP contribution is 2.19. The quantitative estimate of drug-likeness (QED) is 0.673. The third-order valence-electron chi connectivity index (χ3n) is 3.42.